The van der Waals surface area contributed by atoms with Gasteiger partial charge in [-0.05, 0) is 31.2 Å². The number of alkyl halides is 3. The first kappa shape index (κ1) is 16.2. The smallest absolute Gasteiger partial charge is 0.417 e. The summed E-state index contributed by atoms with van der Waals surface area (Å²) in [6, 6.07) is 7.06. The summed E-state index contributed by atoms with van der Waals surface area (Å²) >= 11 is 0. The fourth-order valence-corrected chi connectivity index (χ4v) is 2.66. The van der Waals surface area contributed by atoms with Gasteiger partial charge in [-0.3, -0.25) is 4.79 Å². The third kappa shape index (κ3) is 3.15. The molecule has 0 bridgehead atoms. The summed E-state index contributed by atoms with van der Waals surface area (Å²) in [5.74, 6) is 0. The lowest BCUT2D eigenvalue weighted by atomic mass is 10.1. The molecular weight excluding hydrogens is 321 g/mol. The number of pyridine rings is 1. The van der Waals surface area contributed by atoms with E-state index in [9.17, 15) is 18.0 Å². The van der Waals surface area contributed by atoms with Crippen molar-refractivity contribution in [1.82, 2.24) is 4.98 Å². The van der Waals surface area contributed by atoms with Crippen molar-refractivity contribution < 1.29 is 17.6 Å². The van der Waals surface area contributed by atoms with Crippen molar-refractivity contribution in [1.29, 1.82) is 0 Å². The minimum atomic E-state index is -4.59. The van der Waals surface area contributed by atoms with E-state index in [-0.39, 0.29) is 10.9 Å². The fraction of sp³-hybridized carbons (Fsp3) is 0.235. The molecule has 0 atom stereocenters. The molecule has 3 aromatic rings. The lowest BCUT2D eigenvalue weighted by Gasteiger charge is -2.23. The van der Waals surface area contributed by atoms with Gasteiger partial charge in [0, 0.05) is 41.3 Å². The van der Waals surface area contributed by atoms with Gasteiger partial charge in [-0.1, -0.05) is 0 Å². The van der Waals surface area contributed by atoms with Gasteiger partial charge in [0.1, 0.15) is 0 Å². The molecule has 3 rings (SSSR count). The van der Waals surface area contributed by atoms with E-state index in [0.29, 0.717) is 24.8 Å². The molecule has 0 fully saturated rings. The number of nitrogens with zero attached hydrogens (tertiary/aromatic N) is 1. The van der Waals surface area contributed by atoms with E-state index in [0.717, 1.165) is 5.56 Å². The Balaban J connectivity index is 2.09. The summed E-state index contributed by atoms with van der Waals surface area (Å²) in [7, 11) is 0. The minimum Gasteiger partial charge on any atom is -0.472 e. The third-order valence-corrected chi connectivity index (χ3v) is 3.83. The summed E-state index contributed by atoms with van der Waals surface area (Å²) in [6.07, 6.45) is -1.44. The second kappa shape index (κ2) is 6.07. The highest BCUT2D eigenvalue weighted by Crippen LogP contribution is 2.35. The molecule has 126 valence electrons. The molecular formula is C17H15F3N2O2. The molecule has 1 aromatic carbocycles. The van der Waals surface area contributed by atoms with Gasteiger partial charge in [-0.25, -0.2) is 0 Å². The summed E-state index contributed by atoms with van der Waals surface area (Å²) < 4.78 is 44.7. The molecule has 0 saturated heterocycles. The van der Waals surface area contributed by atoms with Gasteiger partial charge in [0.2, 0.25) is 5.56 Å². The van der Waals surface area contributed by atoms with Crippen molar-refractivity contribution in [3.05, 3.63) is 64.3 Å². The molecule has 2 heterocycles. The molecule has 0 aliphatic carbocycles. The number of rotatable bonds is 4. The first-order valence-electron chi connectivity index (χ1n) is 7.39. The normalized spacial score (nSPS) is 11.8. The van der Waals surface area contributed by atoms with Crippen molar-refractivity contribution in [3.63, 3.8) is 0 Å². The van der Waals surface area contributed by atoms with E-state index in [4.69, 9.17) is 4.42 Å². The molecule has 2 aromatic heterocycles. The second-order valence-electron chi connectivity index (χ2n) is 5.42. The number of anilines is 1. The molecule has 0 saturated carbocycles. The van der Waals surface area contributed by atoms with Crippen LogP contribution in [0.15, 0.2) is 52.1 Å². The van der Waals surface area contributed by atoms with Crippen LogP contribution < -0.4 is 10.5 Å². The van der Waals surface area contributed by atoms with E-state index in [1.807, 2.05) is 17.9 Å². The van der Waals surface area contributed by atoms with Crippen molar-refractivity contribution in [2.24, 2.45) is 0 Å². The Kier molecular flexibility index (Phi) is 4.09. The average molecular weight is 336 g/mol. The zero-order chi connectivity index (χ0) is 17.3. The molecule has 4 nitrogen and oxygen atoms in total. The van der Waals surface area contributed by atoms with Gasteiger partial charge in [0.05, 0.1) is 18.1 Å². The van der Waals surface area contributed by atoms with Gasteiger partial charge in [0.15, 0.2) is 0 Å². The average Bonchev–Trinajstić information content (AvgIpc) is 3.03. The number of fused-ring (bicyclic) bond motifs is 1. The predicted octanol–water partition coefficient (Wildman–Crippen LogP) is 4.17. The van der Waals surface area contributed by atoms with Crippen LogP contribution >= 0.6 is 0 Å². The molecule has 0 aliphatic heterocycles. The number of nitrogens with one attached hydrogen (secondary N) is 1. The van der Waals surface area contributed by atoms with Gasteiger partial charge < -0.3 is 14.3 Å². The van der Waals surface area contributed by atoms with Crippen LogP contribution in [-0.2, 0) is 12.7 Å². The van der Waals surface area contributed by atoms with Gasteiger partial charge in [-0.15, -0.1) is 0 Å². The van der Waals surface area contributed by atoms with Crippen LogP contribution in [0.3, 0.4) is 0 Å². The first-order chi connectivity index (χ1) is 11.4. The Morgan fingerprint density at radius 2 is 2.00 bits per heavy atom. The number of aromatic amines is 1. The molecule has 7 heteroatoms. The standard InChI is InChI=1S/C17H15F3N2O2/c1-2-22(9-11-5-6-24-10-11)12-3-4-15-13(7-12)14(17(18,19)20)8-16(23)21-15/h3-8,10H,2,9H2,1H3,(H,21,23). The SMILES string of the molecule is CCN(Cc1ccoc1)c1ccc2[nH]c(=O)cc(C(F)(F)F)c2c1. The zero-order valence-electron chi connectivity index (χ0n) is 12.9. The number of aromatic nitrogens is 1. The largest absolute Gasteiger partial charge is 0.472 e. The van der Waals surface area contributed by atoms with Gasteiger partial charge in [0.25, 0.3) is 0 Å². The van der Waals surface area contributed by atoms with E-state index < -0.39 is 17.3 Å². The van der Waals surface area contributed by atoms with Crippen molar-refractivity contribution in [2.45, 2.75) is 19.6 Å². The number of hydrogen-bond acceptors (Lipinski definition) is 3. The number of hydrogen-bond donors (Lipinski definition) is 1. The maximum absolute atomic E-state index is 13.2. The van der Waals surface area contributed by atoms with Gasteiger partial charge >= 0.3 is 6.18 Å². The molecule has 24 heavy (non-hydrogen) atoms. The fourth-order valence-electron chi connectivity index (χ4n) is 2.66. The summed E-state index contributed by atoms with van der Waals surface area (Å²) in [5.41, 5.74) is 0.0342. The van der Waals surface area contributed by atoms with Crippen molar-refractivity contribution in [3.8, 4) is 0 Å². The summed E-state index contributed by atoms with van der Waals surface area (Å²) in [4.78, 5) is 15.8. The lowest BCUT2D eigenvalue weighted by Crippen LogP contribution is -2.22. The van der Waals surface area contributed by atoms with E-state index >= 15 is 0 Å². The van der Waals surface area contributed by atoms with Crippen LogP contribution in [0, 0.1) is 0 Å². The summed E-state index contributed by atoms with van der Waals surface area (Å²) in [5, 5.41) is -0.0229. The van der Waals surface area contributed by atoms with E-state index in [1.54, 1.807) is 18.6 Å². The molecule has 1 N–H and O–H groups in total. The topological polar surface area (TPSA) is 49.2 Å². The van der Waals surface area contributed by atoms with Crippen LogP contribution in [0.2, 0.25) is 0 Å². The van der Waals surface area contributed by atoms with Crippen LogP contribution in [0.4, 0.5) is 18.9 Å². The third-order valence-electron chi connectivity index (χ3n) is 3.83. The Hall–Kier alpha value is -2.70. The number of halogens is 3. The first-order valence-corrected chi connectivity index (χ1v) is 7.39. The maximum Gasteiger partial charge on any atom is 0.417 e. The highest BCUT2D eigenvalue weighted by atomic mass is 19.4. The number of H-pyrrole nitrogens is 1. The Morgan fingerprint density at radius 1 is 1.21 bits per heavy atom. The molecule has 0 amide bonds. The lowest BCUT2D eigenvalue weighted by molar-refractivity contribution is -0.136. The van der Waals surface area contributed by atoms with Gasteiger partial charge in [-0.2, -0.15) is 13.2 Å². The van der Waals surface area contributed by atoms with E-state index in [2.05, 4.69) is 4.98 Å². The molecule has 0 unspecified atom stereocenters. The highest BCUT2D eigenvalue weighted by molar-refractivity contribution is 5.86. The monoisotopic (exact) mass is 336 g/mol. The molecule has 0 spiro atoms. The Bertz CT molecular complexity index is 898. The molecule has 0 radical (unpaired) electrons. The number of benzene rings is 1. The number of furan rings is 1. The predicted molar refractivity (Wildman–Crippen MR) is 85.0 cm³/mol. The van der Waals surface area contributed by atoms with Crippen LogP contribution in [0.5, 0.6) is 0 Å². The summed E-state index contributed by atoms with van der Waals surface area (Å²) in [6.45, 7) is 3.05. The zero-order valence-corrected chi connectivity index (χ0v) is 12.9. The minimum absolute atomic E-state index is 0.0229. The second-order valence-corrected chi connectivity index (χ2v) is 5.42. The quantitative estimate of drug-likeness (QED) is 0.778. The van der Waals surface area contributed by atoms with Crippen molar-refractivity contribution in [2.75, 3.05) is 11.4 Å². The maximum atomic E-state index is 13.2. The van der Waals surface area contributed by atoms with Crippen LogP contribution in [0.1, 0.15) is 18.1 Å². The highest BCUT2D eigenvalue weighted by Gasteiger charge is 2.33. The van der Waals surface area contributed by atoms with E-state index in [1.165, 1.54) is 12.1 Å². The van der Waals surface area contributed by atoms with Crippen LogP contribution in [-0.4, -0.2) is 11.5 Å². The Labute approximate surface area is 135 Å². The van der Waals surface area contributed by atoms with Crippen LogP contribution in [0.25, 0.3) is 10.9 Å². The molecule has 0 aliphatic rings. The Morgan fingerprint density at radius 3 is 2.62 bits per heavy atom. The van der Waals surface area contributed by atoms with Crippen molar-refractivity contribution >= 4 is 16.6 Å².